The van der Waals surface area contributed by atoms with Crippen molar-refractivity contribution in [3.63, 3.8) is 0 Å². The topological polar surface area (TPSA) is 34.1 Å². The molecule has 0 atom stereocenters. The third kappa shape index (κ3) is 1.76. The lowest BCUT2D eigenvalue weighted by Gasteiger charge is -2.16. The third-order valence-electron chi connectivity index (χ3n) is 2.83. The van der Waals surface area contributed by atoms with Crippen LogP contribution in [0.5, 0.6) is 0 Å². The summed E-state index contributed by atoms with van der Waals surface area (Å²) in [6.45, 7) is 4.00. The zero-order chi connectivity index (χ0) is 13.1. The zero-order valence-electron chi connectivity index (χ0n) is 10.4. The Balaban J connectivity index is 0.000000574. The summed E-state index contributed by atoms with van der Waals surface area (Å²) in [5.41, 5.74) is 2.02. The van der Waals surface area contributed by atoms with Crippen molar-refractivity contribution < 1.29 is 9.59 Å². The van der Waals surface area contributed by atoms with E-state index in [4.69, 9.17) is 0 Å². The third-order valence-corrected chi connectivity index (χ3v) is 2.83. The smallest absolute Gasteiger partial charge is 0.194 e. The van der Waals surface area contributed by atoms with E-state index in [1.165, 1.54) is 0 Å². The van der Waals surface area contributed by atoms with Crippen LogP contribution < -0.4 is 0 Å². The normalized spacial score (nSPS) is 12.1. The Hall–Kier alpha value is -2.22. The van der Waals surface area contributed by atoms with Crippen LogP contribution in [-0.4, -0.2) is 11.6 Å². The van der Waals surface area contributed by atoms with Crippen LogP contribution in [0.1, 0.15) is 45.7 Å². The molecule has 0 saturated carbocycles. The molecule has 0 amide bonds. The quantitative estimate of drug-likeness (QED) is 0.600. The van der Waals surface area contributed by atoms with Crippen molar-refractivity contribution in [1.29, 1.82) is 0 Å². The molecule has 2 aromatic rings. The maximum Gasteiger partial charge on any atom is 0.194 e. The fourth-order valence-electron chi connectivity index (χ4n) is 2.05. The predicted octanol–water partition coefficient (Wildman–Crippen LogP) is 3.49. The van der Waals surface area contributed by atoms with E-state index in [9.17, 15) is 9.59 Å². The van der Waals surface area contributed by atoms with E-state index in [0.29, 0.717) is 22.3 Å². The van der Waals surface area contributed by atoms with Gasteiger partial charge in [0.05, 0.1) is 0 Å². The van der Waals surface area contributed by atoms with Crippen LogP contribution in [0, 0.1) is 0 Å². The van der Waals surface area contributed by atoms with Crippen molar-refractivity contribution in [3.05, 3.63) is 70.8 Å². The number of hydrogen-bond acceptors (Lipinski definition) is 2. The molecule has 0 saturated heterocycles. The molecular formula is C16H14O2. The maximum atomic E-state index is 12.1. The molecule has 1 aliphatic carbocycles. The van der Waals surface area contributed by atoms with E-state index in [0.717, 1.165) is 0 Å². The molecule has 0 heterocycles. The minimum atomic E-state index is -0.0641. The SMILES string of the molecule is CC.O=C1c2ccccc2C(=O)c2ccccc21. The second kappa shape index (κ2) is 4.96. The summed E-state index contributed by atoms with van der Waals surface area (Å²) in [5.74, 6) is -0.128. The average molecular weight is 238 g/mol. The van der Waals surface area contributed by atoms with E-state index in [1.807, 2.05) is 13.8 Å². The summed E-state index contributed by atoms with van der Waals surface area (Å²) in [5, 5.41) is 0. The largest absolute Gasteiger partial charge is 0.289 e. The second-order valence-electron chi connectivity index (χ2n) is 3.75. The molecule has 0 radical (unpaired) electrons. The fraction of sp³-hybridized carbons (Fsp3) is 0.125. The van der Waals surface area contributed by atoms with Gasteiger partial charge in [-0.15, -0.1) is 0 Å². The molecule has 0 bridgehead atoms. The molecule has 0 N–H and O–H groups in total. The van der Waals surface area contributed by atoms with Gasteiger partial charge in [0.2, 0.25) is 0 Å². The molecule has 0 unspecified atom stereocenters. The van der Waals surface area contributed by atoms with Gasteiger partial charge in [0.15, 0.2) is 11.6 Å². The number of fused-ring (bicyclic) bond motifs is 2. The van der Waals surface area contributed by atoms with Gasteiger partial charge in [0, 0.05) is 22.3 Å². The summed E-state index contributed by atoms with van der Waals surface area (Å²) >= 11 is 0. The highest BCUT2D eigenvalue weighted by Gasteiger charge is 2.28. The lowest BCUT2D eigenvalue weighted by Crippen LogP contribution is -2.20. The molecule has 3 rings (SSSR count). The van der Waals surface area contributed by atoms with Crippen molar-refractivity contribution in [2.45, 2.75) is 13.8 Å². The molecule has 2 aromatic carbocycles. The minimum Gasteiger partial charge on any atom is -0.289 e. The highest BCUT2D eigenvalue weighted by atomic mass is 16.1. The minimum absolute atomic E-state index is 0.0641. The van der Waals surface area contributed by atoms with Gasteiger partial charge in [0.25, 0.3) is 0 Å². The number of ketones is 2. The van der Waals surface area contributed by atoms with Crippen molar-refractivity contribution in [3.8, 4) is 0 Å². The predicted molar refractivity (Wildman–Crippen MR) is 71.1 cm³/mol. The standard InChI is InChI=1S/C14H8O2.C2H6/c15-13-9-5-1-2-6-10(9)14(16)12-8-4-3-7-11(12)13;1-2/h1-8H;1-2H3. The molecular weight excluding hydrogens is 224 g/mol. The van der Waals surface area contributed by atoms with E-state index < -0.39 is 0 Å². The Morgan fingerprint density at radius 3 is 1.00 bits per heavy atom. The Labute approximate surface area is 106 Å². The number of carbonyl (C=O) groups excluding carboxylic acids is 2. The highest BCUT2D eigenvalue weighted by molar-refractivity contribution is 6.28. The molecule has 2 nitrogen and oxygen atoms in total. The van der Waals surface area contributed by atoms with Crippen LogP contribution >= 0.6 is 0 Å². The van der Waals surface area contributed by atoms with Crippen molar-refractivity contribution in [2.24, 2.45) is 0 Å². The van der Waals surface area contributed by atoms with E-state index in [2.05, 4.69) is 0 Å². The van der Waals surface area contributed by atoms with Crippen molar-refractivity contribution >= 4 is 11.6 Å². The summed E-state index contributed by atoms with van der Waals surface area (Å²) in [7, 11) is 0. The van der Waals surface area contributed by atoms with E-state index >= 15 is 0 Å². The van der Waals surface area contributed by atoms with Crippen LogP contribution in [0.2, 0.25) is 0 Å². The first-order valence-electron chi connectivity index (χ1n) is 6.06. The van der Waals surface area contributed by atoms with Crippen LogP contribution in [-0.2, 0) is 0 Å². The molecule has 0 aliphatic heterocycles. The van der Waals surface area contributed by atoms with Crippen LogP contribution in [0.15, 0.2) is 48.5 Å². The van der Waals surface area contributed by atoms with Crippen LogP contribution in [0.4, 0.5) is 0 Å². The van der Waals surface area contributed by atoms with Gasteiger partial charge < -0.3 is 0 Å². The second-order valence-corrected chi connectivity index (χ2v) is 3.75. The first kappa shape index (κ1) is 12.2. The Morgan fingerprint density at radius 1 is 0.556 bits per heavy atom. The van der Waals surface area contributed by atoms with Crippen molar-refractivity contribution in [2.75, 3.05) is 0 Å². The summed E-state index contributed by atoms with van der Waals surface area (Å²) < 4.78 is 0. The highest BCUT2D eigenvalue weighted by Crippen LogP contribution is 2.26. The summed E-state index contributed by atoms with van der Waals surface area (Å²) in [6.07, 6.45) is 0. The van der Waals surface area contributed by atoms with Crippen LogP contribution in [0.3, 0.4) is 0 Å². The van der Waals surface area contributed by atoms with Gasteiger partial charge in [-0.25, -0.2) is 0 Å². The number of carbonyl (C=O) groups is 2. The molecule has 1 aliphatic rings. The number of benzene rings is 2. The molecule has 90 valence electrons. The van der Waals surface area contributed by atoms with Gasteiger partial charge in [-0.05, 0) is 0 Å². The summed E-state index contributed by atoms with van der Waals surface area (Å²) in [4.78, 5) is 24.2. The first-order valence-corrected chi connectivity index (χ1v) is 6.06. The maximum absolute atomic E-state index is 12.1. The Morgan fingerprint density at radius 2 is 0.778 bits per heavy atom. The Kier molecular flexibility index (Phi) is 3.38. The van der Waals surface area contributed by atoms with Crippen LogP contribution in [0.25, 0.3) is 0 Å². The monoisotopic (exact) mass is 238 g/mol. The van der Waals surface area contributed by atoms with E-state index in [1.54, 1.807) is 48.5 Å². The molecule has 0 aromatic heterocycles. The molecule has 18 heavy (non-hydrogen) atoms. The Bertz CT molecular complexity index is 506. The number of hydrogen-bond donors (Lipinski definition) is 0. The van der Waals surface area contributed by atoms with Gasteiger partial charge in [-0.1, -0.05) is 62.4 Å². The summed E-state index contributed by atoms with van der Waals surface area (Å²) in [6, 6.07) is 13.9. The van der Waals surface area contributed by atoms with Gasteiger partial charge in [-0.3, -0.25) is 9.59 Å². The van der Waals surface area contributed by atoms with Crippen molar-refractivity contribution in [1.82, 2.24) is 0 Å². The van der Waals surface area contributed by atoms with E-state index in [-0.39, 0.29) is 11.6 Å². The van der Waals surface area contributed by atoms with Gasteiger partial charge in [0.1, 0.15) is 0 Å². The fourth-order valence-corrected chi connectivity index (χ4v) is 2.05. The van der Waals surface area contributed by atoms with Gasteiger partial charge >= 0.3 is 0 Å². The zero-order valence-corrected chi connectivity index (χ0v) is 10.4. The average Bonchev–Trinajstić information content (AvgIpc) is 2.47. The number of rotatable bonds is 0. The molecule has 0 fully saturated rings. The molecule has 0 spiro atoms. The van der Waals surface area contributed by atoms with Gasteiger partial charge in [-0.2, -0.15) is 0 Å². The lowest BCUT2D eigenvalue weighted by atomic mass is 9.84. The first-order chi connectivity index (χ1) is 8.79. The lowest BCUT2D eigenvalue weighted by molar-refractivity contribution is 0.0979. The molecule has 2 heteroatoms.